The Balaban J connectivity index is 0.000000250. The summed E-state index contributed by atoms with van der Waals surface area (Å²) in [5.41, 5.74) is 6.84. The molecule has 0 aliphatic carbocycles. The third-order valence-corrected chi connectivity index (χ3v) is 6.50. The number of rotatable bonds is 10. The highest BCUT2D eigenvalue weighted by molar-refractivity contribution is 7.89. The fourth-order valence-electron chi connectivity index (χ4n) is 3.02. The van der Waals surface area contributed by atoms with Gasteiger partial charge in [0.05, 0.1) is 10.5 Å². The van der Waals surface area contributed by atoms with Crippen molar-refractivity contribution in [3.05, 3.63) is 77.9 Å². The lowest BCUT2D eigenvalue weighted by Gasteiger charge is -2.18. The van der Waals surface area contributed by atoms with E-state index in [9.17, 15) is 17.6 Å². The molecule has 0 aliphatic heterocycles. The number of carboxylic acid groups (broad SMARTS) is 1. The van der Waals surface area contributed by atoms with Gasteiger partial charge in [0.1, 0.15) is 5.82 Å². The minimum absolute atomic E-state index is 0.000142. The van der Waals surface area contributed by atoms with Crippen LogP contribution in [0.1, 0.15) is 29.8 Å². The van der Waals surface area contributed by atoms with Gasteiger partial charge in [0.25, 0.3) is 0 Å². The van der Waals surface area contributed by atoms with Gasteiger partial charge in [0, 0.05) is 37.6 Å². The number of hydrogen-bond acceptors (Lipinski definition) is 7. The molecule has 2 aromatic carbocycles. The monoisotopic (exact) mass is 503 g/mol. The summed E-state index contributed by atoms with van der Waals surface area (Å²) in [5, 5.41) is 8.65. The van der Waals surface area contributed by atoms with E-state index >= 15 is 0 Å². The standard InChI is InChI=1S/C13H23N3O2S.C11H7FN2O2/c1-3-16(4-2)9-8-15-19(17,18)13-7-5-6-12(10-13)11-14;12-9-3-1-2-7(4-9)10-13-5-8(6-14-10)11(15)16/h5-7,10,15H,3-4,8-9,11,14H2,1-2H3;1-6H,(H,15,16). The van der Waals surface area contributed by atoms with Gasteiger partial charge >= 0.3 is 5.97 Å². The Morgan fingerprint density at radius 1 is 1.09 bits per heavy atom. The minimum atomic E-state index is -3.44. The molecule has 1 aromatic heterocycles. The van der Waals surface area contributed by atoms with Crippen LogP contribution in [0.5, 0.6) is 0 Å². The van der Waals surface area contributed by atoms with Gasteiger partial charge in [-0.2, -0.15) is 0 Å². The third kappa shape index (κ3) is 8.80. The van der Waals surface area contributed by atoms with E-state index in [2.05, 4.69) is 33.4 Å². The minimum Gasteiger partial charge on any atom is -0.478 e. The molecule has 0 unspecified atom stereocenters. The highest BCUT2D eigenvalue weighted by Crippen LogP contribution is 2.15. The van der Waals surface area contributed by atoms with Gasteiger partial charge in [-0.25, -0.2) is 32.3 Å². The second-order valence-corrected chi connectivity index (χ2v) is 9.15. The van der Waals surface area contributed by atoms with Crippen LogP contribution in [0.3, 0.4) is 0 Å². The number of likely N-dealkylation sites (N-methyl/N-ethyl adjacent to an activating group) is 1. The maximum absolute atomic E-state index is 12.9. The molecule has 0 saturated heterocycles. The molecule has 11 heteroatoms. The van der Waals surface area contributed by atoms with E-state index in [4.69, 9.17) is 10.8 Å². The van der Waals surface area contributed by atoms with Gasteiger partial charge in [0.15, 0.2) is 5.82 Å². The number of hydrogen-bond donors (Lipinski definition) is 3. The van der Waals surface area contributed by atoms with Crippen LogP contribution >= 0.6 is 0 Å². The molecule has 0 amide bonds. The van der Waals surface area contributed by atoms with Crippen LogP contribution in [-0.4, -0.2) is 60.5 Å². The van der Waals surface area contributed by atoms with Crippen molar-refractivity contribution in [1.29, 1.82) is 0 Å². The summed E-state index contributed by atoms with van der Waals surface area (Å²) >= 11 is 0. The van der Waals surface area contributed by atoms with Crippen molar-refractivity contribution in [2.45, 2.75) is 25.3 Å². The Hall–Kier alpha value is -3.25. The summed E-state index contributed by atoms with van der Waals surface area (Å²) in [7, 11) is -3.44. The molecular formula is C24H30FN5O4S. The average Bonchev–Trinajstić information content (AvgIpc) is 2.87. The van der Waals surface area contributed by atoms with Gasteiger partial charge in [0.2, 0.25) is 10.0 Å². The summed E-state index contributed by atoms with van der Waals surface area (Å²) in [6.07, 6.45) is 2.38. The molecule has 0 radical (unpaired) electrons. The van der Waals surface area contributed by atoms with E-state index in [1.54, 1.807) is 30.3 Å². The highest BCUT2D eigenvalue weighted by Gasteiger charge is 2.14. The molecule has 1 heterocycles. The van der Waals surface area contributed by atoms with Crippen LogP contribution in [-0.2, 0) is 16.6 Å². The van der Waals surface area contributed by atoms with E-state index in [1.165, 1.54) is 24.5 Å². The number of aromatic carboxylic acids is 1. The Morgan fingerprint density at radius 3 is 2.31 bits per heavy atom. The first-order valence-electron chi connectivity index (χ1n) is 11.0. The largest absolute Gasteiger partial charge is 0.478 e. The van der Waals surface area contributed by atoms with Crippen LogP contribution in [0, 0.1) is 5.82 Å². The predicted octanol–water partition coefficient (Wildman–Crippen LogP) is 2.75. The number of aromatic nitrogens is 2. The van der Waals surface area contributed by atoms with Crippen molar-refractivity contribution in [3.8, 4) is 11.4 Å². The van der Waals surface area contributed by atoms with E-state index in [0.29, 0.717) is 31.0 Å². The van der Waals surface area contributed by atoms with Crippen molar-refractivity contribution < 1.29 is 22.7 Å². The quantitative estimate of drug-likeness (QED) is 0.384. The molecule has 0 fully saturated rings. The van der Waals surface area contributed by atoms with Crippen molar-refractivity contribution in [2.75, 3.05) is 26.2 Å². The second-order valence-electron chi connectivity index (χ2n) is 7.39. The average molecular weight is 504 g/mol. The molecule has 4 N–H and O–H groups in total. The van der Waals surface area contributed by atoms with Crippen LogP contribution in [0.15, 0.2) is 65.8 Å². The Morgan fingerprint density at radius 2 is 1.74 bits per heavy atom. The molecule has 9 nitrogen and oxygen atoms in total. The zero-order valence-corrected chi connectivity index (χ0v) is 20.5. The molecule has 35 heavy (non-hydrogen) atoms. The number of nitrogens with one attached hydrogen (secondary N) is 1. The molecule has 0 bridgehead atoms. The summed E-state index contributed by atoms with van der Waals surface area (Å²) < 4.78 is 39.7. The molecule has 3 aromatic rings. The molecule has 188 valence electrons. The Labute approximate surface area is 204 Å². The highest BCUT2D eigenvalue weighted by atomic mass is 32.2. The van der Waals surface area contributed by atoms with Crippen molar-refractivity contribution >= 4 is 16.0 Å². The van der Waals surface area contributed by atoms with Gasteiger partial charge in [-0.1, -0.05) is 38.1 Å². The van der Waals surface area contributed by atoms with Gasteiger partial charge in [-0.05, 0) is 42.9 Å². The number of carboxylic acids is 1. The molecule has 0 spiro atoms. The molecule has 3 rings (SSSR count). The number of carbonyl (C=O) groups is 1. The van der Waals surface area contributed by atoms with Crippen LogP contribution in [0.4, 0.5) is 4.39 Å². The van der Waals surface area contributed by atoms with Crippen molar-refractivity contribution in [2.24, 2.45) is 5.73 Å². The fourth-order valence-corrected chi connectivity index (χ4v) is 4.11. The van der Waals surface area contributed by atoms with Crippen molar-refractivity contribution in [3.63, 3.8) is 0 Å². The maximum atomic E-state index is 12.9. The number of nitrogens with two attached hydrogens (primary N) is 1. The van der Waals surface area contributed by atoms with E-state index in [-0.39, 0.29) is 16.3 Å². The molecule has 0 saturated carbocycles. The van der Waals surface area contributed by atoms with E-state index in [1.807, 2.05) is 6.07 Å². The Bertz CT molecular complexity index is 1200. The maximum Gasteiger partial charge on any atom is 0.338 e. The third-order valence-electron chi connectivity index (χ3n) is 5.04. The first-order chi connectivity index (χ1) is 16.7. The fraction of sp³-hybridized carbons (Fsp3) is 0.292. The summed E-state index contributed by atoms with van der Waals surface area (Å²) in [4.78, 5) is 20.7. The first kappa shape index (κ1) is 28.0. The van der Waals surface area contributed by atoms with E-state index in [0.717, 1.165) is 18.7 Å². The number of halogens is 1. The van der Waals surface area contributed by atoms with Crippen LogP contribution in [0.25, 0.3) is 11.4 Å². The smallest absolute Gasteiger partial charge is 0.338 e. The summed E-state index contributed by atoms with van der Waals surface area (Å²) in [6.45, 7) is 7.41. The number of nitrogens with zero attached hydrogens (tertiary/aromatic N) is 3. The van der Waals surface area contributed by atoms with Crippen LogP contribution < -0.4 is 10.5 Å². The lowest BCUT2D eigenvalue weighted by molar-refractivity contribution is 0.0696. The van der Waals surface area contributed by atoms with Gasteiger partial charge in [-0.3, -0.25) is 0 Å². The summed E-state index contributed by atoms with van der Waals surface area (Å²) in [5.74, 6) is -1.18. The molecule has 0 aliphatic rings. The normalized spacial score (nSPS) is 11.1. The SMILES string of the molecule is CCN(CC)CCNS(=O)(=O)c1cccc(CN)c1.O=C(O)c1cnc(-c2cccc(F)c2)nc1. The van der Waals surface area contributed by atoms with E-state index < -0.39 is 16.0 Å². The number of sulfonamides is 1. The lowest BCUT2D eigenvalue weighted by Crippen LogP contribution is -2.34. The van der Waals surface area contributed by atoms with Crippen molar-refractivity contribution in [1.82, 2.24) is 19.6 Å². The van der Waals surface area contributed by atoms with Gasteiger partial charge < -0.3 is 15.7 Å². The molecule has 0 atom stereocenters. The first-order valence-corrected chi connectivity index (χ1v) is 12.5. The predicted molar refractivity (Wildman–Crippen MR) is 132 cm³/mol. The second kappa shape index (κ2) is 13.6. The summed E-state index contributed by atoms with van der Waals surface area (Å²) in [6, 6.07) is 12.5. The topological polar surface area (TPSA) is 139 Å². The lowest BCUT2D eigenvalue weighted by atomic mass is 10.2. The zero-order chi connectivity index (χ0) is 25.8. The molecular weight excluding hydrogens is 473 g/mol. The van der Waals surface area contributed by atoms with Crippen LogP contribution in [0.2, 0.25) is 0 Å². The number of benzene rings is 2. The zero-order valence-electron chi connectivity index (χ0n) is 19.7. The van der Waals surface area contributed by atoms with Gasteiger partial charge in [-0.15, -0.1) is 0 Å². The Kier molecular flexibility index (Phi) is 10.9.